The molecule has 0 fully saturated rings. The molecule has 1 aliphatic rings. The van der Waals surface area contributed by atoms with E-state index >= 15 is 0 Å². The van der Waals surface area contributed by atoms with Crippen molar-refractivity contribution in [3.63, 3.8) is 0 Å². The molecule has 1 unspecified atom stereocenters. The zero-order valence-corrected chi connectivity index (χ0v) is 19.3. The van der Waals surface area contributed by atoms with Crippen molar-refractivity contribution < 1.29 is 9.84 Å². The van der Waals surface area contributed by atoms with Crippen LogP contribution in [0, 0.1) is 20.8 Å². The fourth-order valence-electron chi connectivity index (χ4n) is 4.63. The topological polar surface area (TPSA) is 29.5 Å². The highest BCUT2D eigenvalue weighted by Gasteiger charge is 2.34. The SMILES string of the molecule is CCCCCCCCCCCCCC1(C)CCc2c(C)c(O)c(C)c(C)c2O1. The minimum absolute atomic E-state index is 0.0487. The highest BCUT2D eigenvalue weighted by Crippen LogP contribution is 2.44. The maximum atomic E-state index is 10.3. The summed E-state index contributed by atoms with van der Waals surface area (Å²) in [5, 5.41) is 10.3. The molecular weight excluding hydrogens is 344 g/mol. The Balaban J connectivity index is 1.69. The highest BCUT2D eigenvalue weighted by atomic mass is 16.5. The molecule has 1 atom stereocenters. The molecule has 0 saturated carbocycles. The number of benzene rings is 1. The van der Waals surface area contributed by atoms with Gasteiger partial charge in [-0.05, 0) is 70.1 Å². The summed E-state index contributed by atoms with van der Waals surface area (Å²) in [6.45, 7) is 10.7. The van der Waals surface area contributed by atoms with Crippen LogP contribution < -0.4 is 4.74 Å². The number of fused-ring (bicyclic) bond motifs is 1. The van der Waals surface area contributed by atoms with Gasteiger partial charge in [0.2, 0.25) is 0 Å². The molecule has 0 radical (unpaired) electrons. The minimum Gasteiger partial charge on any atom is -0.507 e. The van der Waals surface area contributed by atoms with E-state index in [1.807, 2.05) is 13.8 Å². The van der Waals surface area contributed by atoms with Gasteiger partial charge in [-0.2, -0.15) is 0 Å². The van der Waals surface area contributed by atoms with Gasteiger partial charge in [0.25, 0.3) is 0 Å². The van der Waals surface area contributed by atoms with Crippen LogP contribution in [0.4, 0.5) is 0 Å². The Morgan fingerprint density at radius 2 is 1.32 bits per heavy atom. The summed E-state index contributed by atoms with van der Waals surface area (Å²) in [5.41, 5.74) is 4.26. The van der Waals surface area contributed by atoms with E-state index in [1.54, 1.807) is 0 Å². The zero-order valence-electron chi connectivity index (χ0n) is 19.3. The largest absolute Gasteiger partial charge is 0.507 e. The zero-order chi connectivity index (χ0) is 20.6. The molecule has 1 aromatic carbocycles. The molecule has 1 aliphatic heterocycles. The summed E-state index contributed by atoms with van der Waals surface area (Å²) in [7, 11) is 0. The Kier molecular flexibility index (Phi) is 9.18. The smallest absolute Gasteiger partial charge is 0.127 e. The molecule has 0 amide bonds. The Labute approximate surface area is 174 Å². The second-order valence-electron chi connectivity index (χ2n) is 9.37. The summed E-state index contributed by atoms with van der Waals surface area (Å²) in [6.07, 6.45) is 18.4. The molecule has 28 heavy (non-hydrogen) atoms. The predicted octanol–water partition coefficient (Wildman–Crippen LogP) is 8.10. The first-order chi connectivity index (χ1) is 13.4. The summed E-state index contributed by atoms with van der Waals surface area (Å²) in [4.78, 5) is 0. The standard InChI is InChI=1S/C26H44O2/c1-6-7-8-9-10-11-12-13-14-15-16-18-26(5)19-17-23-22(4)24(27)20(2)21(3)25(23)28-26/h27H,6-19H2,1-5H3. The average Bonchev–Trinajstić information content (AvgIpc) is 2.69. The van der Waals surface area contributed by atoms with Crippen molar-refractivity contribution in [3.05, 3.63) is 22.3 Å². The maximum absolute atomic E-state index is 10.3. The Hall–Kier alpha value is -1.18. The van der Waals surface area contributed by atoms with Crippen LogP contribution in [0.15, 0.2) is 0 Å². The van der Waals surface area contributed by atoms with Gasteiger partial charge in [-0.1, -0.05) is 71.1 Å². The van der Waals surface area contributed by atoms with Gasteiger partial charge in [0.15, 0.2) is 0 Å². The van der Waals surface area contributed by atoms with E-state index in [4.69, 9.17) is 4.74 Å². The lowest BCUT2D eigenvalue weighted by molar-refractivity contribution is 0.0521. The molecule has 0 bridgehead atoms. The van der Waals surface area contributed by atoms with Crippen LogP contribution in [0.2, 0.25) is 0 Å². The Morgan fingerprint density at radius 3 is 1.89 bits per heavy atom. The summed E-state index contributed by atoms with van der Waals surface area (Å²) in [5.74, 6) is 1.50. The van der Waals surface area contributed by atoms with Gasteiger partial charge < -0.3 is 9.84 Å². The fraction of sp³-hybridized carbons (Fsp3) is 0.769. The number of unbranched alkanes of at least 4 members (excludes halogenated alkanes) is 10. The number of hydrogen-bond acceptors (Lipinski definition) is 2. The Morgan fingerprint density at radius 1 is 0.786 bits per heavy atom. The van der Waals surface area contributed by atoms with Crippen LogP contribution in [0.5, 0.6) is 11.5 Å². The van der Waals surface area contributed by atoms with Crippen molar-refractivity contribution in [2.24, 2.45) is 0 Å². The first-order valence-corrected chi connectivity index (χ1v) is 11.9. The van der Waals surface area contributed by atoms with Crippen molar-refractivity contribution in [2.75, 3.05) is 0 Å². The van der Waals surface area contributed by atoms with Crippen molar-refractivity contribution in [2.45, 2.75) is 130 Å². The van der Waals surface area contributed by atoms with Gasteiger partial charge in [0.1, 0.15) is 17.1 Å². The van der Waals surface area contributed by atoms with Gasteiger partial charge in [0, 0.05) is 5.56 Å². The highest BCUT2D eigenvalue weighted by molar-refractivity contribution is 5.58. The molecule has 1 N–H and O–H groups in total. The molecule has 160 valence electrons. The lowest BCUT2D eigenvalue weighted by Crippen LogP contribution is -2.37. The quantitative estimate of drug-likeness (QED) is 0.366. The number of ether oxygens (including phenoxy) is 1. The third-order valence-corrected chi connectivity index (χ3v) is 6.90. The number of aromatic hydroxyl groups is 1. The van der Waals surface area contributed by atoms with E-state index in [0.717, 1.165) is 41.7 Å². The first kappa shape index (κ1) is 23.1. The third-order valence-electron chi connectivity index (χ3n) is 6.90. The van der Waals surface area contributed by atoms with E-state index in [2.05, 4.69) is 20.8 Å². The maximum Gasteiger partial charge on any atom is 0.127 e. The lowest BCUT2D eigenvalue weighted by Gasteiger charge is -2.38. The van der Waals surface area contributed by atoms with Gasteiger partial charge in [0.05, 0.1) is 0 Å². The van der Waals surface area contributed by atoms with Crippen LogP contribution in [0.1, 0.15) is 120 Å². The van der Waals surface area contributed by atoms with E-state index in [9.17, 15) is 5.11 Å². The summed E-state index contributed by atoms with van der Waals surface area (Å²) < 4.78 is 6.55. The van der Waals surface area contributed by atoms with Crippen molar-refractivity contribution in [3.8, 4) is 11.5 Å². The average molecular weight is 389 g/mol. The van der Waals surface area contributed by atoms with E-state index < -0.39 is 0 Å². The van der Waals surface area contributed by atoms with Crippen LogP contribution >= 0.6 is 0 Å². The number of phenolic OH excluding ortho intramolecular Hbond substituents is 1. The molecule has 0 aliphatic carbocycles. The predicted molar refractivity (Wildman–Crippen MR) is 121 cm³/mol. The second kappa shape index (κ2) is 11.1. The van der Waals surface area contributed by atoms with Crippen LogP contribution in [0.25, 0.3) is 0 Å². The molecule has 2 nitrogen and oxygen atoms in total. The van der Waals surface area contributed by atoms with Crippen molar-refractivity contribution in [1.29, 1.82) is 0 Å². The van der Waals surface area contributed by atoms with E-state index in [1.165, 1.54) is 76.2 Å². The van der Waals surface area contributed by atoms with Gasteiger partial charge >= 0.3 is 0 Å². The lowest BCUT2D eigenvalue weighted by atomic mass is 9.84. The summed E-state index contributed by atoms with van der Waals surface area (Å²) in [6, 6.07) is 0. The molecular formula is C26H44O2. The van der Waals surface area contributed by atoms with Gasteiger partial charge in [-0.3, -0.25) is 0 Å². The Bertz CT molecular complexity index is 620. The van der Waals surface area contributed by atoms with E-state index in [-0.39, 0.29) is 5.60 Å². The molecule has 0 saturated heterocycles. The molecule has 0 aromatic heterocycles. The first-order valence-electron chi connectivity index (χ1n) is 11.9. The normalized spacial score (nSPS) is 18.8. The molecule has 1 heterocycles. The molecule has 1 aromatic rings. The van der Waals surface area contributed by atoms with Crippen LogP contribution in [-0.4, -0.2) is 10.7 Å². The van der Waals surface area contributed by atoms with Crippen LogP contribution in [-0.2, 0) is 6.42 Å². The molecule has 2 rings (SSSR count). The monoisotopic (exact) mass is 388 g/mol. The van der Waals surface area contributed by atoms with Gasteiger partial charge in [-0.15, -0.1) is 0 Å². The van der Waals surface area contributed by atoms with Crippen molar-refractivity contribution >= 4 is 0 Å². The van der Waals surface area contributed by atoms with Crippen molar-refractivity contribution in [1.82, 2.24) is 0 Å². The number of rotatable bonds is 12. The second-order valence-corrected chi connectivity index (χ2v) is 9.37. The minimum atomic E-state index is -0.0487. The molecule has 0 spiro atoms. The number of phenols is 1. The van der Waals surface area contributed by atoms with Crippen LogP contribution in [0.3, 0.4) is 0 Å². The van der Waals surface area contributed by atoms with E-state index in [0.29, 0.717) is 5.75 Å². The fourth-order valence-corrected chi connectivity index (χ4v) is 4.63. The number of hydrogen-bond donors (Lipinski definition) is 1. The third kappa shape index (κ3) is 6.16. The van der Waals surface area contributed by atoms with Gasteiger partial charge in [-0.25, -0.2) is 0 Å². The molecule has 2 heteroatoms. The summed E-state index contributed by atoms with van der Waals surface area (Å²) >= 11 is 0.